The zero-order chi connectivity index (χ0) is 24.7. The monoisotopic (exact) mass is 539 g/mol. The Bertz CT molecular complexity index is 1200. The van der Waals surface area contributed by atoms with Crippen LogP contribution in [0.15, 0.2) is 53.0 Å². The number of rotatable bonds is 5. The Morgan fingerprint density at radius 1 is 0.914 bits per heavy atom. The predicted molar refractivity (Wildman–Crippen MR) is 127 cm³/mol. The van der Waals surface area contributed by atoms with Crippen molar-refractivity contribution in [2.45, 2.75) is 19.3 Å². The predicted octanol–water partition coefficient (Wildman–Crippen LogP) is 2.60. The number of esters is 1. The van der Waals surface area contributed by atoms with Gasteiger partial charge in [0.05, 0.1) is 23.1 Å². The summed E-state index contributed by atoms with van der Waals surface area (Å²) >= 11 is 3.27. The second-order valence-corrected chi connectivity index (χ2v) is 9.95. The Labute approximate surface area is 209 Å². The van der Waals surface area contributed by atoms with Gasteiger partial charge in [0.25, 0.3) is 11.8 Å². The highest BCUT2D eigenvalue weighted by atomic mass is 79.9. The molecular weight excluding hydrogens is 518 g/mol. The number of hydrazine groups is 1. The number of fused-ring (bicyclic) bond motifs is 5. The van der Waals surface area contributed by atoms with Crippen LogP contribution in [0.4, 0.5) is 5.69 Å². The van der Waals surface area contributed by atoms with Crippen molar-refractivity contribution >= 4 is 51.2 Å². The van der Waals surface area contributed by atoms with Crippen molar-refractivity contribution in [1.29, 1.82) is 0 Å². The minimum Gasteiger partial charge on any atom is -0.452 e. The highest BCUT2D eigenvalue weighted by Gasteiger charge is 2.61. The number of anilines is 1. The van der Waals surface area contributed by atoms with E-state index < -0.39 is 24.4 Å². The van der Waals surface area contributed by atoms with Gasteiger partial charge in [-0.05, 0) is 73.6 Å². The average Bonchev–Trinajstić information content (AvgIpc) is 3.55. The van der Waals surface area contributed by atoms with E-state index in [-0.39, 0.29) is 41.0 Å². The quantitative estimate of drug-likeness (QED) is 0.342. The van der Waals surface area contributed by atoms with Crippen LogP contribution in [0, 0.1) is 23.7 Å². The summed E-state index contributed by atoms with van der Waals surface area (Å²) in [5.74, 6) is -2.42. The lowest BCUT2D eigenvalue weighted by atomic mass is 9.81. The van der Waals surface area contributed by atoms with E-state index in [1.807, 2.05) is 0 Å². The van der Waals surface area contributed by atoms with Crippen LogP contribution in [0.1, 0.15) is 40.0 Å². The Hall–Kier alpha value is -3.53. The Kier molecular flexibility index (Phi) is 6.14. The molecule has 0 radical (unpaired) electrons. The van der Waals surface area contributed by atoms with Gasteiger partial charge in [0.2, 0.25) is 11.8 Å². The van der Waals surface area contributed by atoms with Crippen LogP contribution in [0.3, 0.4) is 0 Å². The molecule has 9 nitrogen and oxygen atoms in total. The molecule has 2 aromatic rings. The van der Waals surface area contributed by atoms with Crippen LogP contribution in [-0.2, 0) is 19.1 Å². The SMILES string of the molecule is O=C(COC(=O)c1cccc(N2C(=O)[C@@H]3[C@H]4CC[C@@H](C4)[C@H]3C2=O)c1)NNC(=O)c1ccc(Br)cc1. The Morgan fingerprint density at radius 3 is 2.23 bits per heavy atom. The van der Waals surface area contributed by atoms with Gasteiger partial charge < -0.3 is 4.74 Å². The second kappa shape index (κ2) is 9.26. The average molecular weight is 540 g/mol. The van der Waals surface area contributed by atoms with Gasteiger partial charge in [0.1, 0.15) is 0 Å². The van der Waals surface area contributed by atoms with Crippen molar-refractivity contribution in [3.8, 4) is 0 Å². The van der Waals surface area contributed by atoms with Crippen LogP contribution < -0.4 is 15.8 Å². The number of imide groups is 1. The van der Waals surface area contributed by atoms with E-state index in [4.69, 9.17) is 4.74 Å². The van der Waals surface area contributed by atoms with Gasteiger partial charge in [-0.2, -0.15) is 0 Å². The van der Waals surface area contributed by atoms with Crippen molar-refractivity contribution in [3.05, 3.63) is 64.1 Å². The van der Waals surface area contributed by atoms with Crippen molar-refractivity contribution < 1.29 is 28.7 Å². The number of nitrogens with one attached hydrogen (secondary N) is 2. The number of carbonyl (C=O) groups excluding carboxylic acids is 5. The lowest BCUT2D eigenvalue weighted by Crippen LogP contribution is -2.43. The smallest absolute Gasteiger partial charge is 0.338 e. The minimum atomic E-state index is -0.791. The lowest BCUT2D eigenvalue weighted by Gasteiger charge is -2.19. The minimum absolute atomic E-state index is 0.106. The largest absolute Gasteiger partial charge is 0.452 e. The normalized spacial score (nSPS) is 24.3. The van der Waals surface area contributed by atoms with Gasteiger partial charge in [0.15, 0.2) is 6.61 Å². The topological polar surface area (TPSA) is 122 Å². The van der Waals surface area contributed by atoms with Gasteiger partial charge >= 0.3 is 5.97 Å². The first-order chi connectivity index (χ1) is 16.8. The summed E-state index contributed by atoms with van der Waals surface area (Å²) in [6, 6.07) is 12.6. The van der Waals surface area contributed by atoms with Crippen molar-refractivity contribution in [1.82, 2.24) is 10.9 Å². The maximum Gasteiger partial charge on any atom is 0.338 e. The summed E-state index contributed by atoms with van der Waals surface area (Å²) in [7, 11) is 0. The van der Waals surface area contributed by atoms with Crippen molar-refractivity contribution in [2.75, 3.05) is 11.5 Å². The summed E-state index contributed by atoms with van der Waals surface area (Å²) in [4.78, 5) is 63.8. The number of nitrogens with zero attached hydrogens (tertiary/aromatic N) is 1. The number of ether oxygens (including phenoxy) is 1. The van der Waals surface area contributed by atoms with Gasteiger partial charge in [-0.15, -0.1) is 0 Å². The van der Waals surface area contributed by atoms with Gasteiger partial charge in [0, 0.05) is 10.0 Å². The molecule has 2 bridgehead atoms. The van der Waals surface area contributed by atoms with Gasteiger partial charge in [-0.25, -0.2) is 4.79 Å². The third-order valence-corrected chi connectivity index (χ3v) is 7.55. The molecule has 3 aliphatic rings. The molecule has 2 aromatic carbocycles. The van der Waals surface area contributed by atoms with E-state index in [1.54, 1.807) is 36.4 Å². The molecule has 2 aliphatic carbocycles. The molecule has 5 rings (SSSR count). The summed E-state index contributed by atoms with van der Waals surface area (Å²) in [5.41, 5.74) is 5.20. The van der Waals surface area contributed by atoms with Crippen molar-refractivity contribution in [3.63, 3.8) is 0 Å². The molecule has 1 saturated heterocycles. The van der Waals surface area contributed by atoms with E-state index in [0.29, 0.717) is 11.3 Å². The molecule has 1 heterocycles. The van der Waals surface area contributed by atoms with Gasteiger partial charge in [-0.3, -0.25) is 34.9 Å². The van der Waals surface area contributed by atoms with E-state index in [1.165, 1.54) is 17.0 Å². The third kappa shape index (κ3) is 4.34. The zero-order valence-corrected chi connectivity index (χ0v) is 20.1. The summed E-state index contributed by atoms with van der Waals surface area (Å²) < 4.78 is 5.84. The molecule has 2 saturated carbocycles. The maximum absolute atomic E-state index is 13.0. The van der Waals surface area contributed by atoms with Crippen LogP contribution in [0.5, 0.6) is 0 Å². The summed E-state index contributed by atoms with van der Waals surface area (Å²) in [6.07, 6.45) is 2.91. The first kappa shape index (κ1) is 23.2. The van der Waals surface area contributed by atoms with E-state index in [2.05, 4.69) is 26.8 Å². The van der Waals surface area contributed by atoms with Crippen LogP contribution >= 0.6 is 15.9 Å². The van der Waals surface area contributed by atoms with E-state index >= 15 is 0 Å². The molecule has 4 amide bonds. The maximum atomic E-state index is 13.0. The molecule has 4 atom stereocenters. The fraction of sp³-hybridized carbons (Fsp3) is 0.320. The molecule has 0 unspecified atom stereocenters. The Balaban J connectivity index is 1.17. The highest BCUT2D eigenvalue weighted by Crippen LogP contribution is 2.56. The van der Waals surface area contributed by atoms with Crippen LogP contribution in [0.2, 0.25) is 0 Å². The Morgan fingerprint density at radius 2 is 1.57 bits per heavy atom. The fourth-order valence-electron chi connectivity index (χ4n) is 5.49. The van der Waals surface area contributed by atoms with Gasteiger partial charge in [-0.1, -0.05) is 22.0 Å². The number of halogens is 1. The van der Waals surface area contributed by atoms with Crippen molar-refractivity contribution in [2.24, 2.45) is 23.7 Å². The molecule has 35 heavy (non-hydrogen) atoms. The molecule has 2 N–H and O–H groups in total. The molecule has 1 aliphatic heterocycles. The molecule has 0 aromatic heterocycles. The second-order valence-electron chi connectivity index (χ2n) is 9.03. The van der Waals surface area contributed by atoms with Crippen LogP contribution in [0.25, 0.3) is 0 Å². The first-order valence-corrected chi connectivity index (χ1v) is 12.1. The summed E-state index contributed by atoms with van der Waals surface area (Å²) in [5, 5.41) is 0. The molecule has 3 fully saturated rings. The number of carbonyl (C=O) groups is 5. The standard InChI is InChI=1S/C25H22BrN3O6/c26-17-8-6-13(7-9-17)22(31)28-27-19(30)12-35-25(34)16-2-1-3-18(11-16)29-23(32)20-14-4-5-15(10-14)21(20)24(29)33/h1-3,6-9,11,14-15,20-21H,4-5,10,12H2,(H,27,30)(H,28,31)/t14-,15-,20+,21+/m0/s1. The van der Waals surface area contributed by atoms with E-state index in [0.717, 1.165) is 23.7 Å². The highest BCUT2D eigenvalue weighted by molar-refractivity contribution is 9.10. The first-order valence-electron chi connectivity index (χ1n) is 11.3. The van der Waals surface area contributed by atoms with E-state index in [9.17, 15) is 24.0 Å². The molecular formula is C25H22BrN3O6. The lowest BCUT2D eigenvalue weighted by molar-refractivity contribution is -0.125. The molecule has 10 heteroatoms. The molecule has 180 valence electrons. The number of hydrogen-bond acceptors (Lipinski definition) is 6. The number of hydrogen-bond donors (Lipinski definition) is 2. The number of benzene rings is 2. The third-order valence-electron chi connectivity index (χ3n) is 7.02. The fourth-order valence-corrected chi connectivity index (χ4v) is 5.75. The number of amides is 4. The molecule has 0 spiro atoms. The summed E-state index contributed by atoms with van der Waals surface area (Å²) in [6.45, 7) is -0.626. The van der Waals surface area contributed by atoms with Crippen LogP contribution in [-0.4, -0.2) is 36.2 Å². The zero-order valence-electron chi connectivity index (χ0n) is 18.5.